The average molecular weight is 259 g/mol. The van der Waals surface area contributed by atoms with E-state index < -0.39 is 0 Å². The van der Waals surface area contributed by atoms with E-state index in [4.69, 9.17) is 11.6 Å². The van der Waals surface area contributed by atoms with Crippen LogP contribution in [-0.2, 0) is 13.0 Å². The van der Waals surface area contributed by atoms with E-state index in [1.165, 1.54) is 17.7 Å². The zero-order valence-electron chi connectivity index (χ0n) is 10.1. The van der Waals surface area contributed by atoms with Crippen molar-refractivity contribution in [2.75, 3.05) is 11.4 Å². The van der Waals surface area contributed by atoms with Crippen LogP contribution in [0.5, 0.6) is 0 Å². The molecule has 1 aliphatic heterocycles. The van der Waals surface area contributed by atoms with Gasteiger partial charge in [-0.15, -0.1) is 0 Å². The van der Waals surface area contributed by atoms with Crippen molar-refractivity contribution in [1.82, 2.24) is 4.98 Å². The normalized spacial score (nSPS) is 14.4. The average Bonchev–Trinajstić information content (AvgIpc) is 2.40. The Morgan fingerprint density at radius 2 is 2.17 bits per heavy atom. The zero-order chi connectivity index (χ0) is 12.4. The van der Waals surface area contributed by atoms with Gasteiger partial charge in [0.1, 0.15) is 0 Å². The second kappa shape index (κ2) is 4.99. The van der Waals surface area contributed by atoms with Crippen LogP contribution in [0.2, 0.25) is 5.02 Å². The van der Waals surface area contributed by atoms with Gasteiger partial charge >= 0.3 is 0 Å². The Hall–Kier alpha value is -1.54. The Bertz CT molecular complexity index is 539. The van der Waals surface area contributed by atoms with Gasteiger partial charge in [-0.25, -0.2) is 0 Å². The zero-order valence-corrected chi connectivity index (χ0v) is 10.9. The van der Waals surface area contributed by atoms with Crippen molar-refractivity contribution in [3.8, 4) is 0 Å². The number of hydrogen-bond acceptors (Lipinski definition) is 2. The summed E-state index contributed by atoms with van der Waals surface area (Å²) in [4.78, 5) is 6.78. The highest BCUT2D eigenvalue weighted by atomic mass is 35.5. The van der Waals surface area contributed by atoms with E-state index in [0.717, 1.165) is 30.2 Å². The number of anilines is 1. The van der Waals surface area contributed by atoms with Gasteiger partial charge in [-0.2, -0.15) is 0 Å². The molecule has 0 saturated heterocycles. The predicted molar refractivity (Wildman–Crippen MR) is 75.1 cm³/mol. The van der Waals surface area contributed by atoms with Crippen LogP contribution in [0, 0.1) is 0 Å². The number of hydrogen-bond donors (Lipinski definition) is 0. The molecule has 92 valence electrons. The second-order valence-corrected chi connectivity index (χ2v) is 5.06. The highest BCUT2D eigenvalue weighted by Gasteiger charge is 2.17. The first-order valence-electron chi connectivity index (χ1n) is 6.26. The standard InChI is InChI=1S/C15H15ClN2/c16-13-6-7-15-12(10-13)4-3-9-18(15)11-14-5-1-2-8-17-14/h1-2,5-8,10H,3-4,9,11H2. The third kappa shape index (κ3) is 2.34. The molecule has 0 aliphatic carbocycles. The van der Waals surface area contributed by atoms with Crippen LogP contribution in [0.3, 0.4) is 0 Å². The third-order valence-electron chi connectivity index (χ3n) is 3.34. The predicted octanol–water partition coefficient (Wildman–Crippen LogP) is 3.69. The van der Waals surface area contributed by atoms with Gasteiger partial charge in [0.05, 0.1) is 12.2 Å². The fourth-order valence-electron chi connectivity index (χ4n) is 2.50. The van der Waals surface area contributed by atoms with Crippen molar-refractivity contribution in [3.05, 3.63) is 58.9 Å². The van der Waals surface area contributed by atoms with E-state index >= 15 is 0 Å². The molecule has 1 aromatic heterocycles. The van der Waals surface area contributed by atoms with Gasteiger partial charge < -0.3 is 4.90 Å². The van der Waals surface area contributed by atoms with Gasteiger partial charge in [0.25, 0.3) is 0 Å². The number of nitrogens with zero attached hydrogens (tertiary/aromatic N) is 2. The summed E-state index contributed by atoms with van der Waals surface area (Å²) in [6.07, 6.45) is 4.15. The number of benzene rings is 1. The summed E-state index contributed by atoms with van der Waals surface area (Å²) < 4.78 is 0. The van der Waals surface area contributed by atoms with Crippen LogP contribution >= 0.6 is 11.6 Å². The van der Waals surface area contributed by atoms with Gasteiger partial charge in [-0.1, -0.05) is 17.7 Å². The first kappa shape index (κ1) is 11.5. The highest BCUT2D eigenvalue weighted by Crippen LogP contribution is 2.30. The molecule has 0 saturated carbocycles. The number of fused-ring (bicyclic) bond motifs is 1. The van der Waals surface area contributed by atoms with Crippen LogP contribution in [0.25, 0.3) is 0 Å². The Balaban J connectivity index is 1.87. The van der Waals surface area contributed by atoms with Crippen molar-refractivity contribution in [2.45, 2.75) is 19.4 Å². The first-order valence-corrected chi connectivity index (χ1v) is 6.64. The Kier molecular flexibility index (Phi) is 3.20. The molecule has 2 aromatic rings. The van der Waals surface area contributed by atoms with Crippen molar-refractivity contribution in [1.29, 1.82) is 0 Å². The van der Waals surface area contributed by atoms with E-state index in [1.54, 1.807) is 0 Å². The smallest absolute Gasteiger partial charge is 0.0602 e. The molecular formula is C15H15ClN2. The van der Waals surface area contributed by atoms with Crippen LogP contribution in [0.15, 0.2) is 42.6 Å². The number of pyridine rings is 1. The lowest BCUT2D eigenvalue weighted by Gasteiger charge is -2.31. The SMILES string of the molecule is Clc1ccc2c(c1)CCCN2Cc1ccccn1. The molecule has 0 spiro atoms. The minimum Gasteiger partial charge on any atom is -0.365 e. The summed E-state index contributed by atoms with van der Waals surface area (Å²) in [7, 11) is 0. The molecular weight excluding hydrogens is 244 g/mol. The van der Waals surface area contributed by atoms with E-state index in [9.17, 15) is 0 Å². The molecule has 3 heteroatoms. The Labute approximate surface area is 112 Å². The third-order valence-corrected chi connectivity index (χ3v) is 3.57. The second-order valence-electron chi connectivity index (χ2n) is 4.62. The molecule has 18 heavy (non-hydrogen) atoms. The maximum absolute atomic E-state index is 6.05. The molecule has 2 heterocycles. The number of aryl methyl sites for hydroxylation is 1. The van der Waals surface area contributed by atoms with Crippen molar-refractivity contribution in [2.24, 2.45) is 0 Å². The summed E-state index contributed by atoms with van der Waals surface area (Å²) in [5.74, 6) is 0. The number of aromatic nitrogens is 1. The van der Waals surface area contributed by atoms with Crippen molar-refractivity contribution in [3.63, 3.8) is 0 Å². The fraction of sp³-hybridized carbons (Fsp3) is 0.267. The minimum atomic E-state index is 0.827. The quantitative estimate of drug-likeness (QED) is 0.817. The molecule has 2 nitrogen and oxygen atoms in total. The molecule has 3 rings (SSSR count). The molecule has 0 bridgehead atoms. The molecule has 0 fully saturated rings. The van der Waals surface area contributed by atoms with E-state index in [2.05, 4.69) is 28.1 Å². The van der Waals surface area contributed by atoms with E-state index in [1.807, 2.05) is 24.4 Å². The first-order chi connectivity index (χ1) is 8.83. The van der Waals surface area contributed by atoms with Crippen molar-refractivity contribution < 1.29 is 0 Å². The van der Waals surface area contributed by atoms with Crippen LogP contribution in [0.4, 0.5) is 5.69 Å². The summed E-state index contributed by atoms with van der Waals surface area (Å²) in [5.41, 5.74) is 3.77. The fourth-order valence-corrected chi connectivity index (χ4v) is 2.69. The van der Waals surface area contributed by atoms with Gasteiger partial charge in [-0.3, -0.25) is 4.98 Å². The van der Waals surface area contributed by atoms with E-state index in [-0.39, 0.29) is 0 Å². The highest BCUT2D eigenvalue weighted by molar-refractivity contribution is 6.30. The maximum atomic E-state index is 6.05. The molecule has 1 aromatic carbocycles. The number of rotatable bonds is 2. The van der Waals surface area contributed by atoms with Gasteiger partial charge in [0, 0.05) is 23.5 Å². The monoisotopic (exact) mass is 258 g/mol. The van der Waals surface area contributed by atoms with Crippen LogP contribution in [-0.4, -0.2) is 11.5 Å². The minimum absolute atomic E-state index is 0.827. The molecule has 0 radical (unpaired) electrons. The number of halogens is 1. The summed E-state index contributed by atoms with van der Waals surface area (Å²) in [5, 5.41) is 0.827. The molecule has 1 aliphatic rings. The summed E-state index contributed by atoms with van der Waals surface area (Å²) >= 11 is 6.05. The largest absolute Gasteiger partial charge is 0.365 e. The van der Waals surface area contributed by atoms with E-state index in [0.29, 0.717) is 0 Å². The molecule has 0 atom stereocenters. The van der Waals surface area contributed by atoms with Gasteiger partial charge in [0.15, 0.2) is 0 Å². The topological polar surface area (TPSA) is 16.1 Å². The van der Waals surface area contributed by atoms with Gasteiger partial charge in [0.2, 0.25) is 0 Å². The lowest BCUT2D eigenvalue weighted by molar-refractivity contribution is 0.684. The molecule has 0 unspecified atom stereocenters. The van der Waals surface area contributed by atoms with Crippen LogP contribution in [0.1, 0.15) is 17.7 Å². The lowest BCUT2D eigenvalue weighted by atomic mass is 10.0. The Morgan fingerprint density at radius 3 is 3.00 bits per heavy atom. The van der Waals surface area contributed by atoms with Crippen molar-refractivity contribution >= 4 is 17.3 Å². The molecule has 0 N–H and O–H groups in total. The summed E-state index contributed by atoms with van der Waals surface area (Å²) in [6, 6.07) is 12.2. The van der Waals surface area contributed by atoms with Gasteiger partial charge in [-0.05, 0) is 48.7 Å². The summed E-state index contributed by atoms with van der Waals surface area (Å²) in [6.45, 7) is 1.96. The van der Waals surface area contributed by atoms with Crippen LogP contribution < -0.4 is 4.90 Å². The molecule has 0 amide bonds. The Morgan fingerprint density at radius 1 is 1.22 bits per heavy atom. The maximum Gasteiger partial charge on any atom is 0.0602 e. The lowest BCUT2D eigenvalue weighted by Crippen LogP contribution is -2.29.